The molecule has 0 heterocycles. The van der Waals surface area contributed by atoms with Gasteiger partial charge in [0.15, 0.2) is 0 Å². The van der Waals surface area contributed by atoms with Gasteiger partial charge < -0.3 is 10.5 Å². The molecule has 1 aliphatic carbocycles. The van der Waals surface area contributed by atoms with Crippen molar-refractivity contribution in [2.24, 2.45) is 5.73 Å². The molecule has 0 bridgehead atoms. The van der Waals surface area contributed by atoms with Crippen molar-refractivity contribution in [3.05, 3.63) is 95.0 Å². The molecule has 0 aromatic heterocycles. The number of ether oxygens (including phenoxy) is 1. The Morgan fingerprint density at radius 1 is 0.767 bits per heavy atom. The van der Waals surface area contributed by atoms with Crippen molar-refractivity contribution in [2.75, 3.05) is 0 Å². The van der Waals surface area contributed by atoms with Crippen LogP contribution in [0.1, 0.15) is 36.8 Å². The van der Waals surface area contributed by atoms with E-state index in [0.29, 0.717) is 12.1 Å². The predicted molar refractivity (Wildman–Crippen MR) is 124 cm³/mol. The third-order valence-electron chi connectivity index (χ3n) is 5.80. The molecular weight excluding hydrogens is 392 g/mol. The molecule has 30 heavy (non-hydrogen) atoms. The average molecular weight is 421 g/mol. The quantitative estimate of drug-likeness (QED) is 0.480. The maximum absolute atomic E-state index is 6.24. The SMILES string of the molecule is NC1CCC(N(Cc2cccc(Cl)c2)Cc2cccc(Oc3ccccc3)c2)CC1. The summed E-state index contributed by atoms with van der Waals surface area (Å²) in [5.41, 5.74) is 8.66. The Labute approximate surface area is 184 Å². The molecule has 1 aliphatic rings. The second kappa shape index (κ2) is 10.1. The molecule has 3 aromatic carbocycles. The lowest BCUT2D eigenvalue weighted by Crippen LogP contribution is -2.40. The Kier molecular flexibility index (Phi) is 7.06. The second-order valence-corrected chi connectivity index (χ2v) is 8.60. The molecule has 0 unspecified atom stereocenters. The van der Waals surface area contributed by atoms with Crippen molar-refractivity contribution in [3.8, 4) is 11.5 Å². The van der Waals surface area contributed by atoms with E-state index >= 15 is 0 Å². The van der Waals surface area contributed by atoms with Gasteiger partial charge in [0.05, 0.1) is 0 Å². The zero-order chi connectivity index (χ0) is 20.8. The van der Waals surface area contributed by atoms with Gasteiger partial charge in [-0.15, -0.1) is 0 Å². The summed E-state index contributed by atoms with van der Waals surface area (Å²) in [6.07, 6.45) is 4.46. The van der Waals surface area contributed by atoms with Crippen molar-refractivity contribution in [1.82, 2.24) is 4.90 Å². The topological polar surface area (TPSA) is 38.5 Å². The molecule has 4 rings (SSSR count). The van der Waals surface area contributed by atoms with Gasteiger partial charge in [-0.1, -0.05) is 54.1 Å². The van der Waals surface area contributed by atoms with Crippen LogP contribution in [-0.2, 0) is 13.1 Å². The molecule has 1 saturated carbocycles. The monoisotopic (exact) mass is 420 g/mol. The van der Waals surface area contributed by atoms with Gasteiger partial charge in [-0.3, -0.25) is 4.90 Å². The van der Waals surface area contributed by atoms with Crippen LogP contribution in [0.3, 0.4) is 0 Å². The van der Waals surface area contributed by atoms with Crippen LogP contribution in [-0.4, -0.2) is 17.0 Å². The first-order chi connectivity index (χ1) is 14.7. The second-order valence-electron chi connectivity index (χ2n) is 8.17. The highest BCUT2D eigenvalue weighted by atomic mass is 35.5. The van der Waals surface area contributed by atoms with E-state index in [1.165, 1.54) is 11.1 Å². The number of nitrogens with two attached hydrogens (primary N) is 1. The van der Waals surface area contributed by atoms with Crippen LogP contribution < -0.4 is 10.5 Å². The largest absolute Gasteiger partial charge is 0.457 e. The van der Waals surface area contributed by atoms with Gasteiger partial charge in [-0.2, -0.15) is 0 Å². The van der Waals surface area contributed by atoms with Crippen molar-refractivity contribution >= 4 is 11.6 Å². The number of halogens is 1. The maximum Gasteiger partial charge on any atom is 0.127 e. The van der Waals surface area contributed by atoms with E-state index in [4.69, 9.17) is 22.1 Å². The number of hydrogen-bond donors (Lipinski definition) is 1. The fourth-order valence-electron chi connectivity index (χ4n) is 4.22. The molecule has 1 fully saturated rings. The van der Waals surface area contributed by atoms with E-state index in [1.807, 2.05) is 48.5 Å². The summed E-state index contributed by atoms with van der Waals surface area (Å²) in [5.74, 6) is 1.72. The summed E-state index contributed by atoms with van der Waals surface area (Å²) in [5, 5.41) is 0.788. The van der Waals surface area contributed by atoms with E-state index < -0.39 is 0 Å². The molecule has 0 spiro atoms. The van der Waals surface area contributed by atoms with Crippen molar-refractivity contribution < 1.29 is 4.74 Å². The first kappa shape index (κ1) is 20.9. The molecule has 0 saturated heterocycles. The number of benzene rings is 3. The van der Waals surface area contributed by atoms with Gasteiger partial charge in [0, 0.05) is 30.2 Å². The van der Waals surface area contributed by atoms with Crippen LogP contribution in [0.15, 0.2) is 78.9 Å². The minimum Gasteiger partial charge on any atom is -0.457 e. The summed E-state index contributed by atoms with van der Waals surface area (Å²) in [6, 6.07) is 27.4. The zero-order valence-corrected chi connectivity index (χ0v) is 18.0. The Balaban J connectivity index is 1.51. The lowest BCUT2D eigenvalue weighted by Gasteiger charge is -2.36. The van der Waals surface area contributed by atoms with Crippen LogP contribution in [0.5, 0.6) is 11.5 Å². The number of para-hydroxylation sites is 1. The molecule has 3 aromatic rings. The molecule has 0 aliphatic heterocycles. The summed E-state index contributed by atoms with van der Waals surface area (Å²) in [6.45, 7) is 1.75. The minimum absolute atomic E-state index is 0.344. The van der Waals surface area contributed by atoms with E-state index in [9.17, 15) is 0 Å². The highest BCUT2D eigenvalue weighted by Gasteiger charge is 2.24. The Morgan fingerprint density at radius 3 is 2.10 bits per heavy atom. The van der Waals surface area contributed by atoms with Gasteiger partial charge in [0.2, 0.25) is 0 Å². The van der Waals surface area contributed by atoms with Gasteiger partial charge in [0.1, 0.15) is 11.5 Å². The lowest BCUT2D eigenvalue weighted by molar-refractivity contribution is 0.134. The maximum atomic E-state index is 6.24. The predicted octanol–water partition coefficient (Wildman–Crippen LogP) is 6.40. The Morgan fingerprint density at radius 2 is 1.40 bits per heavy atom. The summed E-state index contributed by atoms with van der Waals surface area (Å²) in [4.78, 5) is 2.57. The molecule has 4 heteroatoms. The molecule has 0 radical (unpaired) electrons. The highest BCUT2D eigenvalue weighted by molar-refractivity contribution is 6.30. The minimum atomic E-state index is 0.344. The average Bonchev–Trinajstić information content (AvgIpc) is 2.75. The normalized spacial score (nSPS) is 19.0. The molecule has 0 amide bonds. The van der Waals surface area contributed by atoms with E-state index in [2.05, 4.69) is 35.2 Å². The zero-order valence-electron chi connectivity index (χ0n) is 17.2. The van der Waals surface area contributed by atoms with Crippen molar-refractivity contribution in [1.29, 1.82) is 0 Å². The highest BCUT2D eigenvalue weighted by Crippen LogP contribution is 2.28. The fraction of sp³-hybridized carbons (Fsp3) is 0.308. The third kappa shape index (κ3) is 5.85. The van der Waals surface area contributed by atoms with Crippen LogP contribution >= 0.6 is 11.6 Å². The Hall–Kier alpha value is -2.33. The van der Waals surface area contributed by atoms with Crippen LogP contribution in [0.4, 0.5) is 0 Å². The van der Waals surface area contributed by atoms with Gasteiger partial charge in [-0.25, -0.2) is 0 Å². The van der Waals surface area contributed by atoms with E-state index in [0.717, 1.165) is 55.3 Å². The van der Waals surface area contributed by atoms with Gasteiger partial charge in [-0.05, 0) is 73.2 Å². The summed E-state index contributed by atoms with van der Waals surface area (Å²) in [7, 11) is 0. The molecule has 156 valence electrons. The van der Waals surface area contributed by atoms with Crippen molar-refractivity contribution in [2.45, 2.75) is 50.9 Å². The Bertz CT molecular complexity index is 939. The molecule has 2 N–H and O–H groups in total. The van der Waals surface area contributed by atoms with Gasteiger partial charge in [0.25, 0.3) is 0 Å². The third-order valence-corrected chi connectivity index (χ3v) is 6.03. The summed E-state index contributed by atoms with van der Waals surface area (Å²) < 4.78 is 6.04. The molecule has 3 nitrogen and oxygen atoms in total. The van der Waals surface area contributed by atoms with E-state index in [-0.39, 0.29) is 0 Å². The fourth-order valence-corrected chi connectivity index (χ4v) is 4.43. The number of rotatable bonds is 7. The van der Waals surface area contributed by atoms with Crippen LogP contribution in [0.2, 0.25) is 5.02 Å². The summed E-state index contributed by atoms with van der Waals surface area (Å²) >= 11 is 6.24. The lowest BCUT2D eigenvalue weighted by atomic mass is 9.90. The first-order valence-corrected chi connectivity index (χ1v) is 11.1. The van der Waals surface area contributed by atoms with Crippen molar-refractivity contribution in [3.63, 3.8) is 0 Å². The smallest absolute Gasteiger partial charge is 0.127 e. The standard InChI is InChI=1S/C26H29ClN2O/c27-22-8-4-6-20(16-22)18-29(24-14-12-23(28)13-15-24)19-21-7-5-11-26(17-21)30-25-9-2-1-3-10-25/h1-11,16-17,23-24H,12-15,18-19,28H2. The molecular formula is C26H29ClN2O. The number of hydrogen-bond acceptors (Lipinski definition) is 3. The number of nitrogens with zero attached hydrogens (tertiary/aromatic N) is 1. The van der Waals surface area contributed by atoms with Gasteiger partial charge >= 0.3 is 0 Å². The van der Waals surface area contributed by atoms with Crippen LogP contribution in [0, 0.1) is 0 Å². The van der Waals surface area contributed by atoms with E-state index in [1.54, 1.807) is 0 Å². The molecule has 0 atom stereocenters. The first-order valence-electron chi connectivity index (χ1n) is 10.7. The van der Waals surface area contributed by atoms with Crippen LogP contribution in [0.25, 0.3) is 0 Å².